The van der Waals surface area contributed by atoms with Crippen LogP contribution >= 0.6 is 11.6 Å². The number of benzene rings is 4. The lowest BCUT2D eigenvalue weighted by atomic mass is 10.0. The van der Waals surface area contributed by atoms with Crippen LogP contribution in [0.1, 0.15) is 11.4 Å². The average Bonchev–Trinajstić information content (AvgIpc) is 2.78. The quantitative estimate of drug-likeness (QED) is 0.348. The Balaban J connectivity index is 1.76. The monoisotopic (exact) mass is 408 g/mol. The summed E-state index contributed by atoms with van der Waals surface area (Å²) in [5.74, 6) is 0.528. The minimum Gasteiger partial charge on any atom is -0.268 e. The van der Waals surface area contributed by atoms with E-state index in [1.807, 2.05) is 66.7 Å². The van der Waals surface area contributed by atoms with E-state index in [0.717, 1.165) is 16.3 Å². The number of nitrogens with zero attached hydrogens (tertiary/aromatic N) is 2. The second-order valence-corrected chi connectivity index (χ2v) is 7.39. The van der Waals surface area contributed by atoms with Crippen LogP contribution in [-0.2, 0) is 0 Å². The van der Waals surface area contributed by atoms with Gasteiger partial charge in [-0.15, -0.1) is 0 Å². The Morgan fingerprint density at radius 3 is 2.30 bits per heavy atom. The van der Waals surface area contributed by atoms with Gasteiger partial charge in [0.25, 0.3) is 5.56 Å². The first kappa shape index (κ1) is 18.3. The molecule has 0 spiro atoms. The van der Waals surface area contributed by atoms with E-state index in [-0.39, 0.29) is 5.56 Å². The zero-order valence-electron chi connectivity index (χ0n) is 16.0. The summed E-state index contributed by atoms with van der Waals surface area (Å²) < 4.78 is 1.58. The van der Waals surface area contributed by atoms with E-state index in [1.54, 1.807) is 16.7 Å². The molecular formula is C26H17ClN2O. The fraction of sp³-hybridized carbons (Fsp3) is 0. The molecule has 0 N–H and O–H groups in total. The Labute approximate surface area is 178 Å². The van der Waals surface area contributed by atoms with Crippen molar-refractivity contribution in [2.75, 3.05) is 0 Å². The predicted molar refractivity (Wildman–Crippen MR) is 125 cm³/mol. The third-order valence-electron chi connectivity index (χ3n) is 5.13. The number of rotatable bonds is 3. The molecule has 0 aliphatic rings. The largest absolute Gasteiger partial charge is 0.268 e. The van der Waals surface area contributed by atoms with E-state index in [2.05, 4.69) is 24.3 Å². The van der Waals surface area contributed by atoms with Gasteiger partial charge < -0.3 is 0 Å². The molecule has 0 fully saturated rings. The molecule has 30 heavy (non-hydrogen) atoms. The van der Waals surface area contributed by atoms with Gasteiger partial charge in [0.15, 0.2) is 0 Å². The SMILES string of the molecule is O=c1c2ccccc2nc(/C=C/c2cccc3ccccc23)n1-c1ccccc1Cl. The molecule has 4 aromatic carbocycles. The van der Waals surface area contributed by atoms with Crippen molar-refractivity contribution < 1.29 is 0 Å². The van der Waals surface area contributed by atoms with Crippen LogP contribution < -0.4 is 5.56 Å². The molecule has 5 rings (SSSR count). The molecule has 1 aromatic heterocycles. The zero-order chi connectivity index (χ0) is 20.5. The molecule has 0 aliphatic heterocycles. The van der Waals surface area contributed by atoms with Gasteiger partial charge in [0, 0.05) is 0 Å². The van der Waals surface area contributed by atoms with Crippen LogP contribution in [0.2, 0.25) is 5.02 Å². The van der Waals surface area contributed by atoms with Gasteiger partial charge in [-0.05, 0) is 46.7 Å². The standard InChI is InChI=1S/C26H17ClN2O/c27-22-13-4-6-15-24(22)29-25(28-23-14-5-3-12-21(23)26(29)30)17-16-19-10-7-9-18-8-1-2-11-20(18)19/h1-17H/b17-16+. The molecule has 0 aliphatic carbocycles. The highest BCUT2D eigenvalue weighted by molar-refractivity contribution is 6.32. The number of hydrogen-bond donors (Lipinski definition) is 0. The van der Waals surface area contributed by atoms with Gasteiger partial charge in [-0.25, -0.2) is 4.98 Å². The molecule has 0 unspecified atom stereocenters. The molecule has 5 aromatic rings. The van der Waals surface area contributed by atoms with Crippen molar-refractivity contribution in [1.29, 1.82) is 0 Å². The molecular weight excluding hydrogens is 392 g/mol. The second-order valence-electron chi connectivity index (χ2n) is 6.98. The number of fused-ring (bicyclic) bond motifs is 2. The van der Waals surface area contributed by atoms with E-state index in [1.165, 1.54) is 0 Å². The van der Waals surface area contributed by atoms with Crippen molar-refractivity contribution in [1.82, 2.24) is 9.55 Å². The Kier molecular flexibility index (Phi) is 4.66. The molecule has 3 nitrogen and oxygen atoms in total. The Hall–Kier alpha value is -3.69. The van der Waals surface area contributed by atoms with Gasteiger partial charge in [-0.1, -0.05) is 84.4 Å². The van der Waals surface area contributed by atoms with Crippen molar-refractivity contribution in [3.63, 3.8) is 0 Å². The summed E-state index contributed by atoms with van der Waals surface area (Å²) in [7, 11) is 0. The summed E-state index contributed by atoms with van der Waals surface area (Å²) in [5.41, 5.74) is 2.18. The summed E-state index contributed by atoms with van der Waals surface area (Å²) in [6, 6.07) is 29.0. The van der Waals surface area contributed by atoms with Gasteiger partial charge in [-0.3, -0.25) is 9.36 Å². The van der Waals surface area contributed by atoms with Gasteiger partial charge in [-0.2, -0.15) is 0 Å². The van der Waals surface area contributed by atoms with Crippen LogP contribution in [0, 0.1) is 0 Å². The second kappa shape index (κ2) is 7.62. The van der Waals surface area contributed by atoms with E-state index in [4.69, 9.17) is 16.6 Å². The molecule has 0 saturated heterocycles. The first-order chi connectivity index (χ1) is 14.7. The fourth-order valence-corrected chi connectivity index (χ4v) is 3.91. The molecule has 0 atom stereocenters. The Morgan fingerprint density at radius 1 is 0.733 bits per heavy atom. The average molecular weight is 409 g/mol. The Bertz CT molecular complexity index is 1480. The maximum Gasteiger partial charge on any atom is 0.266 e. The van der Waals surface area contributed by atoms with E-state index < -0.39 is 0 Å². The van der Waals surface area contributed by atoms with Crippen molar-refractivity contribution in [2.45, 2.75) is 0 Å². The molecule has 0 bridgehead atoms. The lowest BCUT2D eigenvalue weighted by molar-refractivity contribution is 0.944. The third-order valence-corrected chi connectivity index (χ3v) is 5.45. The number of halogens is 1. The van der Waals surface area contributed by atoms with Gasteiger partial charge >= 0.3 is 0 Å². The highest BCUT2D eigenvalue weighted by Gasteiger charge is 2.13. The molecule has 144 valence electrons. The van der Waals surface area contributed by atoms with Crippen LogP contribution in [0.5, 0.6) is 0 Å². The van der Waals surface area contributed by atoms with Crippen molar-refractivity contribution >= 4 is 45.4 Å². The highest BCUT2D eigenvalue weighted by Crippen LogP contribution is 2.23. The first-order valence-electron chi connectivity index (χ1n) is 9.65. The van der Waals surface area contributed by atoms with Crippen LogP contribution in [0.15, 0.2) is 95.8 Å². The normalized spacial score (nSPS) is 11.5. The zero-order valence-corrected chi connectivity index (χ0v) is 16.8. The number of hydrogen-bond acceptors (Lipinski definition) is 2. The summed E-state index contributed by atoms with van der Waals surface area (Å²) in [6.07, 6.45) is 3.87. The topological polar surface area (TPSA) is 34.9 Å². The molecule has 0 radical (unpaired) electrons. The highest BCUT2D eigenvalue weighted by atomic mass is 35.5. The lowest BCUT2D eigenvalue weighted by Crippen LogP contribution is -2.22. The van der Waals surface area contributed by atoms with Crippen molar-refractivity contribution in [3.05, 3.63) is 118 Å². The number of aromatic nitrogens is 2. The van der Waals surface area contributed by atoms with Gasteiger partial charge in [0.1, 0.15) is 5.82 Å². The van der Waals surface area contributed by atoms with Crippen LogP contribution in [0.25, 0.3) is 39.5 Å². The summed E-state index contributed by atoms with van der Waals surface area (Å²) in [6.45, 7) is 0. The first-order valence-corrected chi connectivity index (χ1v) is 10.0. The molecule has 1 heterocycles. The fourth-order valence-electron chi connectivity index (χ4n) is 3.69. The summed E-state index contributed by atoms with van der Waals surface area (Å²) >= 11 is 6.44. The summed E-state index contributed by atoms with van der Waals surface area (Å²) in [4.78, 5) is 18.1. The maximum atomic E-state index is 13.4. The summed E-state index contributed by atoms with van der Waals surface area (Å²) in [5, 5.41) is 3.36. The van der Waals surface area contributed by atoms with Crippen LogP contribution in [0.3, 0.4) is 0 Å². The maximum absolute atomic E-state index is 13.4. The van der Waals surface area contributed by atoms with Crippen LogP contribution in [0.4, 0.5) is 0 Å². The van der Waals surface area contributed by atoms with E-state index >= 15 is 0 Å². The Morgan fingerprint density at radius 2 is 1.43 bits per heavy atom. The van der Waals surface area contributed by atoms with Crippen molar-refractivity contribution in [2.24, 2.45) is 0 Å². The lowest BCUT2D eigenvalue weighted by Gasteiger charge is -2.13. The molecule has 0 saturated carbocycles. The minimum absolute atomic E-state index is 0.147. The van der Waals surface area contributed by atoms with Gasteiger partial charge in [0.2, 0.25) is 0 Å². The predicted octanol–water partition coefficient (Wildman–Crippen LogP) is 6.36. The van der Waals surface area contributed by atoms with Crippen molar-refractivity contribution in [3.8, 4) is 5.69 Å². The third kappa shape index (κ3) is 3.19. The molecule has 0 amide bonds. The number of para-hydroxylation sites is 2. The molecule has 4 heteroatoms. The smallest absolute Gasteiger partial charge is 0.266 e. The van der Waals surface area contributed by atoms with E-state index in [9.17, 15) is 4.79 Å². The minimum atomic E-state index is -0.147. The van der Waals surface area contributed by atoms with Gasteiger partial charge in [0.05, 0.1) is 21.6 Å². The van der Waals surface area contributed by atoms with Crippen LogP contribution in [-0.4, -0.2) is 9.55 Å². The van der Waals surface area contributed by atoms with E-state index in [0.29, 0.717) is 27.4 Å².